The van der Waals surface area contributed by atoms with Gasteiger partial charge >= 0.3 is 0 Å². The first-order valence-corrected chi connectivity index (χ1v) is 7.28. The summed E-state index contributed by atoms with van der Waals surface area (Å²) in [7, 11) is 0. The van der Waals surface area contributed by atoms with Gasteiger partial charge in [-0.15, -0.1) is 0 Å². The third-order valence-corrected chi connectivity index (χ3v) is 3.36. The van der Waals surface area contributed by atoms with Crippen LogP contribution in [0.1, 0.15) is 51.0 Å². The van der Waals surface area contributed by atoms with Gasteiger partial charge in [-0.3, -0.25) is 0 Å². The van der Waals surface area contributed by atoms with Crippen molar-refractivity contribution in [3.63, 3.8) is 0 Å². The second-order valence-corrected chi connectivity index (χ2v) is 5.15. The number of benzene rings is 1. The topological polar surface area (TPSA) is 55.5 Å². The summed E-state index contributed by atoms with van der Waals surface area (Å²) in [6.45, 7) is 5.40. The molecule has 0 heterocycles. The minimum absolute atomic E-state index is 0.313. The minimum atomic E-state index is -0.417. The van der Waals surface area contributed by atoms with E-state index in [1.807, 2.05) is 12.1 Å². The number of unbranched alkanes of at least 4 members (excludes halogenated alkanes) is 2. The fourth-order valence-corrected chi connectivity index (χ4v) is 2.08. The van der Waals surface area contributed by atoms with Gasteiger partial charge in [0, 0.05) is 6.54 Å². The molecule has 1 rings (SSSR count). The predicted molar refractivity (Wildman–Crippen MR) is 79.6 cm³/mol. The highest BCUT2D eigenvalue weighted by molar-refractivity contribution is 5.29. The molecule has 0 bridgehead atoms. The van der Waals surface area contributed by atoms with Gasteiger partial charge in [-0.2, -0.15) is 0 Å². The number of aliphatic hydroxyl groups excluding tert-OH is 1. The monoisotopic (exact) mass is 265 g/mol. The maximum absolute atomic E-state index is 9.56. The second-order valence-electron chi connectivity index (χ2n) is 5.15. The molecule has 3 nitrogen and oxygen atoms in total. The fraction of sp³-hybridized carbons (Fsp3) is 0.625. The fourth-order valence-electron chi connectivity index (χ4n) is 2.08. The van der Waals surface area contributed by atoms with Gasteiger partial charge < -0.3 is 15.6 Å². The van der Waals surface area contributed by atoms with Crippen molar-refractivity contribution in [2.24, 2.45) is 5.73 Å². The Kier molecular flexibility index (Phi) is 7.53. The summed E-state index contributed by atoms with van der Waals surface area (Å²) in [5.74, 6) is 1.24. The van der Waals surface area contributed by atoms with Crippen LogP contribution in [0.3, 0.4) is 0 Å². The van der Waals surface area contributed by atoms with Crippen molar-refractivity contribution in [2.45, 2.75) is 51.6 Å². The van der Waals surface area contributed by atoms with Gasteiger partial charge in [-0.05, 0) is 36.5 Å². The predicted octanol–water partition coefficient (Wildman–Crippen LogP) is 3.07. The van der Waals surface area contributed by atoms with E-state index >= 15 is 0 Å². The summed E-state index contributed by atoms with van der Waals surface area (Å²) in [5, 5.41) is 9.56. The van der Waals surface area contributed by atoms with Crippen molar-refractivity contribution in [3.05, 3.63) is 29.8 Å². The highest BCUT2D eigenvalue weighted by Crippen LogP contribution is 2.23. The van der Waals surface area contributed by atoms with Crippen LogP contribution in [0, 0.1) is 0 Å². The molecule has 3 heteroatoms. The number of hydrogen-bond acceptors (Lipinski definition) is 3. The number of hydrogen-bond donors (Lipinski definition) is 2. The molecule has 3 N–H and O–H groups in total. The Hall–Kier alpha value is -1.06. The molecule has 1 aromatic carbocycles. The largest absolute Gasteiger partial charge is 0.494 e. The van der Waals surface area contributed by atoms with Crippen molar-refractivity contribution < 1.29 is 9.84 Å². The SMILES string of the molecule is CCCCCOc1ccc(C(C)CC(O)CN)cc1. The Morgan fingerprint density at radius 3 is 2.47 bits per heavy atom. The van der Waals surface area contributed by atoms with Crippen molar-refractivity contribution >= 4 is 0 Å². The first-order chi connectivity index (χ1) is 9.17. The Labute approximate surface area is 116 Å². The molecular formula is C16H27NO2. The van der Waals surface area contributed by atoms with Gasteiger partial charge in [-0.1, -0.05) is 38.8 Å². The number of rotatable bonds is 9. The van der Waals surface area contributed by atoms with E-state index in [0.717, 1.165) is 18.8 Å². The molecule has 2 unspecified atom stereocenters. The Morgan fingerprint density at radius 1 is 1.21 bits per heavy atom. The lowest BCUT2D eigenvalue weighted by molar-refractivity contribution is 0.165. The van der Waals surface area contributed by atoms with E-state index in [1.165, 1.54) is 18.4 Å². The van der Waals surface area contributed by atoms with E-state index in [0.29, 0.717) is 18.9 Å². The molecule has 108 valence electrons. The van der Waals surface area contributed by atoms with E-state index in [9.17, 15) is 5.11 Å². The van der Waals surface area contributed by atoms with E-state index in [2.05, 4.69) is 26.0 Å². The third kappa shape index (κ3) is 6.08. The summed E-state index contributed by atoms with van der Waals surface area (Å²) in [4.78, 5) is 0. The molecule has 0 spiro atoms. The molecule has 1 aromatic rings. The van der Waals surface area contributed by atoms with Gasteiger partial charge in [0.15, 0.2) is 0 Å². The minimum Gasteiger partial charge on any atom is -0.494 e. The highest BCUT2D eigenvalue weighted by Gasteiger charge is 2.10. The van der Waals surface area contributed by atoms with Crippen LogP contribution in [0.15, 0.2) is 24.3 Å². The maximum atomic E-state index is 9.56. The van der Waals surface area contributed by atoms with Gasteiger partial charge in [0.2, 0.25) is 0 Å². The molecule has 0 fully saturated rings. The highest BCUT2D eigenvalue weighted by atomic mass is 16.5. The molecule has 0 saturated heterocycles. The average molecular weight is 265 g/mol. The molecule has 0 radical (unpaired) electrons. The van der Waals surface area contributed by atoms with Crippen LogP contribution in [0.5, 0.6) is 5.75 Å². The zero-order valence-electron chi connectivity index (χ0n) is 12.1. The summed E-state index contributed by atoms with van der Waals surface area (Å²) >= 11 is 0. The van der Waals surface area contributed by atoms with Crippen molar-refractivity contribution in [2.75, 3.05) is 13.2 Å². The normalized spacial score (nSPS) is 14.1. The summed E-state index contributed by atoms with van der Waals surface area (Å²) in [5.41, 5.74) is 6.65. The molecule has 19 heavy (non-hydrogen) atoms. The maximum Gasteiger partial charge on any atom is 0.119 e. The van der Waals surface area contributed by atoms with Crippen molar-refractivity contribution in [1.29, 1.82) is 0 Å². The molecule has 0 aliphatic carbocycles. The van der Waals surface area contributed by atoms with Crippen molar-refractivity contribution in [3.8, 4) is 5.75 Å². The zero-order valence-corrected chi connectivity index (χ0v) is 12.1. The molecular weight excluding hydrogens is 238 g/mol. The number of aliphatic hydroxyl groups is 1. The van der Waals surface area contributed by atoms with Crippen LogP contribution in [-0.4, -0.2) is 24.4 Å². The quantitative estimate of drug-likeness (QED) is 0.675. The lowest BCUT2D eigenvalue weighted by Gasteiger charge is -2.16. The summed E-state index contributed by atoms with van der Waals surface area (Å²) < 4.78 is 5.68. The molecule has 0 aliphatic rings. The van der Waals surface area contributed by atoms with E-state index in [-0.39, 0.29) is 0 Å². The van der Waals surface area contributed by atoms with Gasteiger partial charge in [0.1, 0.15) is 5.75 Å². The standard InChI is InChI=1S/C16H27NO2/c1-3-4-5-10-19-16-8-6-14(7-9-16)13(2)11-15(18)12-17/h6-9,13,15,18H,3-5,10-12,17H2,1-2H3. The van der Waals surface area contributed by atoms with Gasteiger partial charge in [0.25, 0.3) is 0 Å². The van der Waals surface area contributed by atoms with Crippen LogP contribution in [0.4, 0.5) is 0 Å². The first kappa shape index (κ1) is 16.0. The average Bonchev–Trinajstić information content (AvgIpc) is 2.44. The summed E-state index contributed by atoms with van der Waals surface area (Å²) in [6, 6.07) is 8.16. The molecule has 0 saturated carbocycles. The van der Waals surface area contributed by atoms with Crippen LogP contribution < -0.4 is 10.5 Å². The molecule has 2 atom stereocenters. The Bertz CT molecular complexity index is 337. The van der Waals surface area contributed by atoms with E-state index in [1.54, 1.807) is 0 Å². The summed E-state index contributed by atoms with van der Waals surface area (Å²) in [6.07, 6.45) is 3.82. The van der Waals surface area contributed by atoms with Gasteiger partial charge in [-0.25, -0.2) is 0 Å². The van der Waals surface area contributed by atoms with Crippen LogP contribution in [0.2, 0.25) is 0 Å². The van der Waals surface area contributed by atoms with E-state index in [4.69, 9.17) is 10.5 Å². The van der Waals surface area contributed by atoms with Crippen LogP contribution in [0.25, 0.3) is 0 Å². The number of nitrogens with two attached hydrogens (primary N) is 1. The van der Waals surface area contributed by atoms with Crippen LogP contribution in [-0.2, 0) is 0 Å². The Balaban J connectivity index is 2.42. The Morgan fingerprint density at radius 2 is 1.89 bits per heavy atom. The zero-order chi connectivity index (χ0) is 14.1. The van der Waals surface area contributed by atoms with Crippen LogP contribution >= 0.6 is 0 Å². The van der Waals surface area contributed by atoms with Gasteiger partial charge in [0.05, 0.1) is 12.7 Å². The third-order valence-electron chi connectivity index (χ3n) is 3.36. The molecule has 0 aliphatic heterocycles. The lowest BCUT2D eigenvalue weighted by atomic mass is 9.95. The molecule has 0 amide bonds. The number of ether oxygens (including phenoxy) is 1. The second kappa shape index (κ2) is 8.94. The van der Waals surface area contributed by atoms with Crippen molar-refractivity contribution in [1.82, 2.24) is 0 Å². The smallest absolute Gasteiger partial charge is 0.119 e. The molecule has 0 aromatic heterocycles. The first-order valence-electron chi connectivity index (χ1n) is 7.28. The lowest BCUT2D eigenvalue weighted by Crippen LogP contribution is -2.21. The van der Waals surface area contributed by atoms with E-state index < -0.39 is 6.10 Å².